The van der Waals surface area contributed by atoms with Crippen molar-refractivity contribution in [3.63, 3.8) is 0 Å². The van der Waals surface area contributed by atoms with E-state index in [1.54, 1.807) is 30.7 Å². The third-order valence-electron chi connectivity index (χ3n) is 6.85. The molecule has 1 saturated carbocycles. The molecule has 0 bridgehead atoms. The Morgan fingerprint density at radius 3 is 2.10 bits per heavy atom. The number of rotatable bonds is 2. The molecular formula is C26H32N2O3. The molecule has 5 heteroatoms. The quantitative estimate of drug-likeness (QED) is 0.528. The number of hydrogen-bond donors (Lipinski definition) is 0. The smallest absolute Gasteiger partial charge is 0.323 e. The first kappa shape index (κ1) is 22.8. The highest BCUT2D eigenvalue weighted by Crippen LogP contribution is 2.46. The maximum Gasteiger partial charge on any atom is 0.323 e. The molecule has 1 heterocycles. The number of nitrogens with zero attached hydrogens (tertiary/aromatic N) is 2. The molecule has 0 N–H and O–H groups in total. The number of carbonyl (C=O) groups is 3. The van der Waals surface area contributed by atoms with Crippen LogP contribution in [0.5, 0.6) is 0 Å². The summed E-state index contributed by atoms with van der Waals surface area (Å²) in [6.07, 6.45) is 2.15. The van der Waals surface area contributed by atoms with Crippen molar-refractivity contribution in [1.29, 1.82) is 0 Å². The third-order valence-corrected chi connectivity index (χ3v) is 6.85. The fourth-order valence-corrected chi connectivity index (χ4v) is 5.06. The summed E-state index contributed by atoms with van der Waals surface area (Å²) in [5.74, 6) is 5.30. The monoisotopic (exact) mass is 420 g/mol. The van der Waals surface area contributed by atoms with E-state index in [0.29, 0.717) is 44.5 Å². The van der Waals surface area contributed by atoms with Crippen LogP contribution < -0.4 is 0 Å². The Labute approximate surface area is 185 Å². The van der Waals surface area contributed by atoms with Crippen LogP contribution in [0.25, 0.3) is 0 Å². The summed E-state index contributed by atoms with van der Waals surface area (Å²) < 4.78 is 0. The molecule has 5 nitrogen and oxygen atoms in total. The van der Waals surface area contributed by atoms with Crippen molar-refractivity contribution in [2.24, 2.45) is 5.41 Å². The molecule has 164 valence electrons. The number of allylic oxidation sites excluding steroid dienone is 1. The minimum absolute atomic E-state index is 0.00982. The second-order valence-corrected chi connectivity index (χ2v) is 9.18. The Kier molecular flexibility index (Phi) is 6.40. The largest absolute Gasteiger partial charge is 0.324 e. The zero-order valence-electron chi connectivity index (χ0n) is 19.3. The SMILES string of the molecule is C=C(C)N(C)C(=O)N1CCC2(CC1)CC(=O)C(c1c(C)cc(C#CC)cc1C)C(=O)C2. The number of Topliss-reactive ketones (excluding diaryl/α,β-unsaturated/α-hetero) is 2. The number of amides is 2. The van der Waals surface area contributed by atoms with Crippen LogP contribution in [0, 0.1) is 31.1 Å². The number of hydrogen-bond acceptors (Lipinski definition) is 3. The Morgan fingerprint density at radius 2 is 1.65 bits per heavy atom. The van der Waals surface area contributed by atoms with Gasteiger partial charge in [-0.2, -0.15) is 0 Å². The van der Waals surface area contributed by atoms with Crippen LogP contribution >= 0.6 is 0 Å². The maximum absolute atomic E-state index is 13.3. The average Bonchev–Trinajstić information content (AvgIpc) is 2.69. The summed E-state index contributed by atoms with van der Waals surface area (Å²) in [7, 11) is 1.72. The standard InChI is InChI=1S/C26H32N2O3/c1-7-8-20-13-18(4)23(19(5)14-20)24-21(29)15-26(16-22(24)30)9-11-28(12-10-26)25(31)27(6)17(2)3/h13-14,24H,2,9-12,15-16H2,1,3-6H3. The van der Waals surface area contributed by atoms with E-state index in [1.807, 2.05) is 26.0 Å². The minimum Gasteiger partial charge on any atom is -0.324 e. The summed E-state index contributed by atoms with van der Waals surface area (Å²) in [5.41, 5.74) is 4.02. The van der Waals surface area contributed by atoms with E-state index >= 15 is 0 Å². The highest BCUT2D eigenvalue weighted by atomic mass is 16.2. The van der Waals surface area contributed by atoms with Crippen LogP contribution in [0.3, 0.4) is 0 Å². The highest BCUT2D eigenvalue weighted by Gasteiger charge is 2.48. The summed E-state index contributed by atoms with van der Waals surface area (Å²) >= 11 is 0. The van der Waals surface area contributed by atoms with E-state index < -0.39 is 5.92 Å². The normalized spacial score (nSPS) is 18.5. The van der Waals surface area contributed by atoms with Crippen LogP contribution in [0.2, 0.25) is 0 Å². The van der Waals surface area contributed by atoms with E-state index in [1.165, 1.54) is 0 Å². The van der Waals surface area contributed by atoms with Gasteiger partial charge >= 0.3 is 6.03 Å². The van der Waals surface area contributed by atoms with E-state index in [4.69, 9.17) is 0 Å². The molecule has 31 heavy (non-hydrogen) atoms. The lowest BCUT2D eigenvalue weighted by molar-refractivity contribution is -0.138. The molecule has 0 unspecified atom stereocenters. The van der Waals surface area contributed by atoms with Gasteiger partial charge in [-0.3, -0.25) is 9.59 Å². The topological polar surface area (TPSA) is 57.7 Å². The molecule has 3 rings (SSSR count). The molecule has 1 aromatic carbocycles. The predicted octanol–water partition coefficient (Wildman–Crippen LogP) is 4.36. The lowest BCUT2D eigenvalue weighted by Crippen LogP contribution is -2.50. The number of carbonyl (C=O) groups excluding carboxylic acids is 3. The van der Waals surface area contributed by atoms with Gasteiger partial charge < -0.3 is 9.80 Å². The zero-order chi connectivity index (χ0) is 22.9. The van der Waals surface area contributed by atoms with Crippen molar-refractivity contribution in [2.75, 3.05) is 20.1 Å². The second kappa shape index (κ2) is 8.70. The van der Waals surface area contributed by atoms with E-state index in [-0.39, 0.29) is 23.0 Å². The molecule has 2 aliphatic rings. The number of ketones is 2. The van der Waals surface area contributed by atoms with E-state index in [9.17, 15) is 14.4 Å². The fraction of sp³-hybridized carbons (Fsp3) is 0.500. The van der Waals surface area contributed by atoms with Gasteiger partial charge in [0.25, 0.3) is 0 Å². The van der Waals surface area contributed by atoms with Gasteiger partial charge in [-0.25, -0.2) is 4.79 Å². The second-order valence-electron chi connectivity index (χ2n) is 9.18. The molecule has 1 spiro atoms. The lowest BCUT2D eigenvalue weighted by Gasteiger charge is -2.45. The van der Waals surface area contributed by atoms with Gasteiger partial charge in [0.15, 0.2) is 0 Å². The maximum atomic E-state index is 13.3. The van der Waals surface area contributed by atoms with Gasteiger partial charge in [0, 0.05) is 44.2 Å². The summed E-state index contributed by atoms with van der Waals surface area (Å²) in [5, 5.41) is 0. The Morgan fingerprint density at radius 1 is 1.13 bits per heavy atom. The molecule has 1 aliphatic carbocycles. The van der Waals surface area contributed by atoms with Crippen molar-refractivity contribution in [1.82, 2.24) is 9.80 Å². The molecule has 0 radical (unpaired) electrons. The molecular weight excluding hydrogens is 388 g/mol. The molecule has 1 aliphatic heterocycles. The van der Waals surface area contributed by atoms with Gasteiger partial charge in [0.2, 0.25) is 0 Å². The fourth-order valence-electron chi connectivity index (χ4n) is 5.06. The average molecular weight is 421 g/mol. The van der Waals surface area contributed by atoms with Gasteiger partial charge in [-0.1, -0.05) is 12.5 Å². The summed E-state index contributed by atoms with van der Waals surface area (Å²) in [6.45, 7) is 12.4. The molecule has 0 atom stereocenters. The Bertz CT molecular complexity index is 960. The first-order valence-corrected chi connectivity index (χ1v) is 10.9. The molecule has 2 amide bonds. The highest BCUT2D eigenvalue weighted by molar-refractivity contribution is 6.10. The molecule has 1 saturated heterocycles. The minimum atomic E-state index is -0.677. The van der Waals surface area contributed by atoms with E-state index in [0.717, 1.165) is 22.3 Å². The Balaban J connectivity index is 1.77. The number of urea groups is 1. The van der Waals surface area contributed by atoms with Crippen LogP contribution in [-0.4, -0.2) is 47.5 Å². The van der Waals surface area contributed by atoms with E-state index in [2.05, 4.69) is 18.4 Å². The predicted molar refractivity (Wildman–Crippen MR) is 122 cm³/mol. The van der Waals surface area contributed by atoms with Gasteiger partial charge in [-0.15, -0.1) is 5.92 Å². The lowest BCUT2D eigenvalue weighted by atomic mass is 9.62. The van der Waals surface area contributed by atoms with Crippen LogP contribution in [0.15, 0.2) is 24.4 Å². The number of aryl methyl sites for hydroxylation is 2. The van der Waals surface area contributed by atoms with Crippen LogP contribution in [-0.2, 0) is 9.59 Å². The molecule has 0 aromatic heterocycles. The number of benzene rings is 1. The summed E-state index contributed by atoms with van der Waals surface area (Å²) in [4.78, 5) is 42.4. The Hall–Kier alpha value is -2.87. The first-order chi connectivity index (χ1) is 14.6. The third kappa shape index (κ3) is 4.44. The van der Waals surface area contributed by atoms with Crippen molar-refractivity contribution < 1.29 is 14.4 Å². The number of piperidine rings is 1. The van der Waals surface area contributed by atoms with Crippen molar-refractivity contribution >= 4 is 17.6 Å². The van der Waals surface area contributed by atoms with Gasteiger partial charge in [-0.05, 0) is 74.8 Å². The zero-order valence-corrected chi connectivity index (χ0v) is 19.3. The molecule has 2 fully saturated rings. The summed E-state index contributed by atoms with van der Waals surface area (Å²) in [6, 6.07) is 3.85. The molecule has 1 aromatic rings. The first-order valence-electron chi connectivity index (χ1n) is 10.9. The van der Waals surface area contributed by atoms with Crippen LogP contribution in [0.1, 0.15) is 67.7 Å². The van der Waals surface area contributed by atoms with Gasteiger partial charge in [0.1, 0.15) is 17.5 Å². The number of likely N-dealkylation sites (tertiary alicyclic amines) is 1. The van der Waals surface area contributed by atoms with Crippen LogP contribution in [0.4, 0.5) is 4.79 Å². The van der Waals surface area contributed by atoms with Crippen molar-refractivity contribution in [3.8, 4) is 11.8 Å². The van der Waals surface area contributed by atoms with Gasteiger partial charge in [0.05, 0.1) is 0 Å². The van der Waals surface area contributed by atoms with Crippen molar-refractivity contribution in [3.05, 3.63) is 46.7 Å². The van der Waals surface area contributed by atoms with Crippen molar-refractivity contribution in [2.45, 2.75) is 59.3 Å².